The Balaban J connectivity index is 2.34. The minimum atomic E-state index is -0.00493. The van der Waals surface area contributed by atoms with E-state index in [0.717, 1.165) is 16.4 Å². The topological polar surface area (TPSA) is 51.2 Å². The number of methoxy groups -OCH3 is 1. The molecule has 1 heterocycles. The van der Waals surface area contributed by atoms with E-state index in [9.17, 15) is 4.79 Å². The summed E-state index contributed by atoms with van der Waals surface area (Å²) in [7, 11) is 1.56. The number of aryl methyl sites for hydroxylation is 1. The molecular formula is C13H13ClN2O2S. The average molecular weight is 297 g/mol. The van der Waals surface area contributed by atoms with Gasteiger partial charge in [-0.25, -0.2) is 0 Å². The molecule has 6 heteroatoms. The summed E-state index contributed by atoms with van der Waals surface area (Å²) >= 11 is 7.23. The first-order valence-electron chi connectivity index (χ1n) is 5.60. The zero-order valence-electron chi connectivity index (χ0n) is 10.8. The molecule has 0 spiro atoms. The van der Waals surface area contributed by atoms with E-state index in [-0.39, 0.29) is 5.78 Å². The standard InChI is InChI=1S/C13H13ClN2O2S/c1-7-12(8(2)17)13(19-16-7)15-9-4-5-10(14)11(6-9)18-3/h4-6,15H,1-3H3. The van der Waals surface area contributed by atoms with Crippen LogP contribution in [0.15, 0.2) is 18.2 Å². The fraction of sp³-hybridized carbons (Fsp3) is 0.231. The highest BCUT2D eigenvalue weighted by Gasteiger charge is 2.15. The number of nitrogens with one attached hydrogen (secondary N) is 1. The predicted molar refractivity (Wildman–Crippen MR) is 78.1 cm³/mol. The van der Waals surface area contributed by atoms with Gasteiger partial charge in [-0.1, -0.05) is 11.6 Å². The second-order valence-corrected chi connectivity index (χ2v) is 5.18. The van der Waals surface area contributed by atoms with Gasteiger partial charge < -0.3 is 10.1 Å². The number of anilines is 2. The van der Waals surface area contributed by atoms with E-state index < -0.39 is 0 Å². The third-order valence-electron chi connectivity index (χ3n) is 2.62. The lowest BCUT2D eigenvalue weighted by molar-refractivity contribution is 0.101. The van der Waals surface area contributed by atoms with Crippen LogP contribution >= 0.6 is 23.1 Å². The van der Waals surface area contributed by atoms with E-state index in [4.69, 9.17) is 16.3 Å². The lowest BCUT2D eigenvalue weighted by Crippen LogP contribution is -1.98. The molecule has 0 amide bonds. The summed E-state index contributed by atoms with van der Waals surface area (Å²) in [6.07, 6.45) is 0. The zero-order chi connectivity index (χ0) is 14.0. The summed E-state index contributed by atoms with van der Waals surface area (Å²) in [5, 5.41) is 4.45. The Kier molecular flexibility index (Phi) is 4.07. The Hall–Kier alpha value is -1.59. The lowest BCUT2D eigenvalue weighted by Gasteiger charge is -2.08. The number of rotatable bonds is 4. The Morgan fingerprint density at radius 2 is 2.21 bits per heavy atom. The van der Waals surface area contributed by atoms with Crippen LogP contribution in [0.1, 0.15) is 23.0 Å². The summed E-state index contributed by atoms with van der Waals surface area (Å²) in [5.74, 6) is 0.576. The van der Waals surface area contributed by atoms with E-state index in [1.54, 1.807) is 19.2 Å². The van der Waals surface area contributed by atoms with Crippen molar-refractivity contribution in [3.05, 3.63) is 34.5 Å². The number of ether oxygens (including phenoxy) is 1. The van der Waals surface area contributed by atoms with Crippen molar-refractivity contribution in [3.63, 3.8) is 0 Å². The molecule has 0 unspecified atom stereocenters. The van der Waals surface area contributed by atoms with Crippen molar-refractivity contribution in [2.45, 2.75) is 13.8 Å². The maximum absolute atomic E-state index is 11.6. The monoisotopic (exact) mass is 296 g/mol. The van der Waals surface area contributed by atoms with Gasteiger partial charge in [-0.3, -0.25) is 4.79 Å². The Bertz CT molecular complexity index is 625. The molecule has 0 aliphatic rings. The number of ketones is 1. The molecule has 0 atom stereocenters. The van der Waals surface area contributed by atoms with Gasteiger partial charge in [-0.15, -0.1) is 0 Å². The van der Waals surface area contributed by atoms with Gasteiger partial charge in [0.25, 0.3) is 0 Å². The number of benzene rings is 1. The van der Waals surface area contributed by atoms with Crippen molar-refractivity contribution in [1.29, 1.82) is 0 Å². The van der Waals surface area contributed by atoms with Gasteiger partial charge in [0.2, 0.25) is 0 Å². The first-order chi connectivity index (χ1) is 9.02. The van der Waals surface area contributed by atoms with Crippen LogP contribution < -0.4 is 10.1 Å². The largest absolute Gasteiger partial charge is 0.495 e. The molecule has 0 aliphatic heterocycles. The van der Waals surface area contributed by atoms with Crippen LogP contribution in [0.3, 0.4) is 0 Å². The van der Waals surface area contributed by atoms with Crippen molar-refractivity contribution in [2.24, 2.45) is 0 Å². The van der Waals surface area contributed by atoms with Gasteiger partial charge in [0, 0.05) is 11.8 Å². The second kappa shape index (κ2) is 5.59. The fourth-order valence-corrected chi connectivity index (χ4v) is 2.80. The fourth-order valence-electron chi connectivity index (χ4n) is 1.74. The van der Waals surface area contributed by atoms with Gasteiger partial charge in [-0.2, -0.15) is 4.37 Å². The molecule has 0 saturated heterocycles. The highest BCUT2D eigenvalue weighted by molar-refractivity contribution is 7.10. The summed E-state index contributed by atoms with van der Waals surface area (Å²) in [5.41, 5.74) is 2.16. The molecular weight excluding hydrogens is 284 g/mol. The molecule has 1 aromatic heterocycles. The van der Waals surface area contributed by atoms with Crippen LogP contribution in [-0.4, -0.2) is 17.3 Å². The van der Waals surface area contributed by atoms with E-state index >= 15 is 0 Å². The molecule has 4 nitrogen and oxygen atoms in total. The number of halogens is 1. The molecule has 0 aliphatic carbocycles. The van der Waals surface area contributed by atoms with Crippen LogP contribution in [0.2, 0.25) is 5.02 Å². The molecule has 0 saturated carbocycles. The van der Waals surface area contributed by atoms with E-state index in [1.807, 2.05) is 13.0 Å². The number of aromatic nitrogens is 1. The van der Waals surface area contributed by atoms with E-state index in [0.29, 0.717) is 16.3 Å². The van der Waals surface area contributed by atoms with E-state index in [2.05, 4.69) is 9.69 Å². The molecule has 1 aromatic carbocycles. The lowest BCUT2D eigenvalue weighted by atomic mass is 10.2. The normalized spacial score (nSPS) is 10.3. The molecule has 0 bridgehead atoms. The first-order valence-corrected chi connectivity index (χ1v) is 6.76. The van der Waals surface area contributed by atoms with Crippen molar-refractivity contribution < 1.29 is 9.53 Å². The molecule has 0 radical (unpaired) electrons. The summed E-state index contributed by atoms with van der Waals surface area (Å²) < 4.78 is 9.35. The molecule has 19 heavy (non-hydrogen) atoms. The summed E-state index contributed by atoms with van der Waals surface area (Å²) in [4.78, 5) is 11.6. The van der Waals surface area contributed by atoms with Gasteiger partial charge >= 0.3 is 0 Å². The van der Waals surface area contributed by atoms with Gasteiger partial charge in [0.05, 0.1) is 23.4 Å². The zero-order valence-corrected chi connectivity index (χ0v) is 12.4. The number of hydrogen-bond acceptors (Lipinski definition) is 5. The predicted octanol–water partition coefficient (Wildman–Crippen LogP) is 4.06. The van der Waals surface area contributed by atoms with E-state index in [1.165, 1.54) is 18.5 Å². The molecule has 100 valence electrons. The maximum Gasteiger partial charge on any atom is 0.164 e. The van der Waals surface area contributed by atoms with Gasteiger partial charge in [-0.05, 0) is 37.5 Å². The smallest absolute Gasteiger partial charge is 0.164 e. The minimum absolute atomic E-state index is 0.00493. The molecule has 0 fully saturated rings. The quantitative estimate of drug-likeness (QED) is 0.865. The Labute approximate surface area is 120 Å². The number of Topliss-reactive ketones (excluding diaryl/α,β-unsaturated/α-hetero) is 1. The molecule has 2 rings (SSSR count). The first kappa shape index (κ1) is 13.8. The third-order valence-corrected chi connectivity index (χ3v) is 3.79. The summed E-state index contributed by atoms with van der Waals surface area (Å²) in [6, 6.07) is 5.34. The minimum Gasteiger partial charge on any atom is -0.495 e. The van der Waals surface area contributed by atoms with Gasteiger partial charge in [0.1, 0.15) is 10.8 Å². The van der Waals surface area contributed by atoms with Crippen LogP contribution in [-0.2, 0) is 0 Å². The van der Waals surface area contributed by atoms with Crippen LogP contribution in [0.25, 0.3) is 0 Å². The maximum atomic E-state index is 11.6. The van der Waals surface area contributed by atoms with Crippen molar-refractivity contribution in [1.82, 2.24) is 4.37 Å². The molecule has 2 aromatic rings. The number of carbonyl (C=O) groups excluding carboxylic acids is 1. The highest BCUT2D eigenvalue weighted by atomic mass is 35.5. The van der Waals surface area contributed by atoms with Crippen molar-refractivity contribution >= 4 is 39.6 Å². The summed E-state index contributed by atoms with van der Waals surface area (Å²) in [6.45, 7) is 3.35. The van der Waals surface area contributed by atoms with Crippen LogP contribution in [0.5, 0.6) is 5.75 Å². The van der Waals surface area contributed by atoms with Crippen molar-refractivity contribution in [2.75, 3.05) is 12.4 Å². The van der Waals surface area contributed by atoms with Gasteiger partial charge in [0.15, 0.2) is 5.78 Å². The Morgan fingerprint density at radius 3 is 2.84 bits per heavy atom. The number of carbonyl (C=O) groups is 1. The number of hydrogen-bond donors (Lipinski definition) is 1. The van der Waals surface area contributed by atoms with Crippen LogP contribution in [0, 0.1) is 6.92 Å². The van der Waals surface area contributed by atoms with Crippen molar-refractivity contribution in [3.8, 4) is 5.75 Å². The average Bonchev–Trinajstić information content (AvgIpc) is 2.73. The van der Waals surface area contributed by atoms with Crippen LogP contribution in [0.4, 0.5) is 10.7 Å². The second-order valence-electron chi connectivity index (χ2n) is 4.00. The SMILES string of the molecule is COc1cc(Nc2snc(C)c2C(C)=O)ccc1Cl. The number of nitrogens with zero attached hydrogens (tertiary/aromatic N) is 1. The third kappa shape index (κ3) is 2.88. The molecule has 1 N–H and O–H groups in total. The highest BCUT2D eigenvalue weighted by Crippen LogP contribution is 2.32. The Morgan fingerprint density at radius 1 is 1.47 bits per heavy atom.